The van der Waals surface area contributed by atoms with Gasteiger partial charge in [-0.2, -0.15) is 9.97 Å². The second kappa shape index (κ2) is 11.3. The monoisotopic (exact) mass is 564 g/mol. The number of nitrogens with zero attached hydrogens (tertiary/aromatic N) is 4. The van der Waals surface area contributed by atoms with Crippen LogP contribution in [0.4, 0.5) is 17.5 Å². The lowest BCUT2D eigenvalue weighted by atomic mass is 10.1. The van der Waals surface area contributed by atoms with Crippen LogP contribution in [0.25, 0.3) is 11.2 Å². The molecule has 37 heavy (non-hydrogen) atoms. The molecule has 0 bridgehead atoms. The molecule has 196 valence electrons. The molecule has 0 aliphatic carbocycles. The Morgan fingerprint density at radius 1 is 1.14 bits per heavy atom. The Kier molecular flexibility index (Phi) is 8.33. The average Bonchev–Trinajstić information content (AvgIpc) is 3.24. The minimum absolute atomic E-state index is 0.143. The highest BCUT2D eigenvalue weighted by Crippen LogP contribution is 2.55. The number of phenols is 1. The zero-order valence-electron chi connectivity index (χ0n) is 19.6. The third kappa shape index (κ3) is 6.96. The van der Waals surface area contributed by atoms with E-state index in [0.717, 1.165) is 5.56 Å². The van der Waals surface area contributed by atoms with Crippen LogP contribution >= 0.6 is 28.4 Å². The van der Waals surface area contributed by atoms with Gasteiger partial charge in [0.1, 0.15) is 5.75 Å². The van der Waals surface area contributed by atoms with E-state index >= 15 is 0 Å². The largest absolute Gasteiger partial charge is 0.508 e. The molecule has 0 saturated heterocycles. The van der Waals surface area contributed by atoms with E-state index < -0.39 is 12.7 Å². The van der Waals surface area contributed by atoms with Crippen LogP contribution in [-0.4, -0.2) is 51.1 Å². The van der Waals surface area contributed by atoms with Crippen LogP contribution in [0.2, 0.25) is 5.02 Å². The lowest BCUT2D eigenvalue weighted by Gasteiger charge is -2.23. The molecule has 0 saturated carbocycles. The molecule has 0 aliphatic rings. The minimum atomic E-state index is -4.69. The summed E-state index contributed by atoms with van der Waals surface area (Å²) in [6, 6.07) is 14.2. The van der Waals surface area contributed by atoms with Gasteiger partial charge in [0.2, 0.25) is 5.95 Å². The fourth-order valence-electron chi connectivity index (χ4n) is 3.58. The molecule has 0 spiro atoms. The highest BCUT2D eigenvalue weighted by atomic mass is 35.5. The highest BCUT2D eigenvalue weighted by molar-refractivity contribution is 7.61. The van der Waals surface area contributed by atoms with Crippen molar-refractivity contribution in [3.8, 4) is 5.75 Å². The Morgan fingerprint density at radius 2 is 1.89 bits per heavy atom. The number of nitrogens with one attached hydrogen (secondary N) is 2. The van der Waals surface area contributed by atoms with Crippen molar-refractivity contribution in [2.75, 3.05) is 17.2 Å². The third-order valence-corrected chi connectivity index (χ3v) is 8.40. The van der Waals surface area contributed by atoms with Crippen LogP contribution in [0.3, 0.4) is 0 Å². The summed E-state index contributed by atoms with van der Waals surface area (Å²) in [6.07, 6.45) is 2.48. The first kappa shape index (κ1) is 27.3. The van der Waals surface area contributed by atoms with E-state index in [1.807, 2.05) is 38.1 Å². The average molecular weight is 565 g/mol. The van der Waals surface area contributed by atoms with E-state index in [1.54, 1.807) is 30.6 Å². The molecule has 14 heteroatoms. The van der Waals surface area contributed by atoms with Gasteiger partial charge in [-0.25, -0.2) is 4.98 Å². The summed E-state index contributed by atoms with van der Waals surface area (Å²) in [5.41, 5.74) is 2.89. The van der Waals surface area contributed by atoms with Crippen molar-refractivity contribution in [1.29, 1.82) is 0 Å². The number of hydrogen-bond donors (Lipinski definition) is 6. The molecule has 0 amide bonds. The second-order valence-corrected chi connectivity index (χ2v) is 12.3. The number of phenolic OH excluding ortho intramolecular Hbond substituents is 1. The molecule has 4 rings (SSSR count). The lowest BCUT2D eigenvalue weighted by Crippen LogP contribution is -2.21. The number of aliphatic hydroxyl groups is 1. The van der Waals surface area contributed by atoms with Crippen molar-refractivity contribution in [3.05, 3.63) is 65.4 Å². The topological polar surface area (TPSA) is 166 Å². The summed E-state index contributed by atoms with van der Waals surface area (Å²) in [7, 11) is -2.86. The number of aromatic nitrogens is 4. The fraction of sp³-hybridized carbons (Fsp3) is 0.261. The molecule has 11 nitrogen and oxygen atoms in total. The maximum atomic E-state index is 11.4. The number of hydrogen-bond acceptors (Lipinski definition) is 8. The van der Waals surface area contributed by atoms with E-state index in [2.05, 4.69) is 25.6 Å². The van der Waals surface area contributed by atoms with Crippen molar-refractivity contribution in [3.63, 3.8) is 0 Å². The molecule has 2 atom stereocenters. The van der Waals surface area contributed by atoms with Crippen molar-refractivity contribution < 1.29 is 24.6 Å². The van der Waals surface area contributed by atoms with Crippen LogP contribution in [0.15, 0.2) is 54.9 Å². The van der Waals surface area contributed by atoms with E-state index in [9.17, 15) is 24.6 Å². The molecule has 2 unspecified atom stereocenters. The Balaban J connectivity index is 1.57. The summed E-state index contributed by atoms with van der Waals surface area (Å²) < 4.78 is 13.3. The van der Waals surface area contributed by atoms with E-state index in [0.29, 0.717) is 40.7 Å². The van der Waals surface area contributed by atoms with Gasteiger partial charge in [0.25, 0.3) is 0 Å². The molecule has 2 aromatic heterocycles. The molecule has 4 aromatic rings. The van der Waals surface area contributed by atoms with Gasteiger partial charge >= 0.3 is 7.60 Å². The van der Waals surface area contributed by atoms with E-state index in [-0.39, 0.29) is 31.1 Å². The number of imidazole rings is 1. The third-order valence-electron chi connectivity index (χ3n) is 5.64. The fourth-order valence-corrected chi connectivity index (χ4v) is 4.43. The number of fused-ring (bicyclic) bond motifs is 1. The summed E-state index contributed by atoms with van der Waals surface area (Å²) in [4.78, 5) is 32.2. The molecular formula is C23H27ClN6O5P2. The van der Waals surface area contributed by atoms with Gasteiger partial charge in [0, 0.05) is 23.8 Å². The lowest BCUT2D eigenvalue weighted by molar-refractivity contribution is 0.162. The smallest absolute Gasteiger partial charge is 0.360 e. The standard InChI is InChI=1S/C23H27ClN6O5P2/c24-16-3-1-4-17(13-16)27-20-19-21(30(14-26-19)12-9-15-5-7-18(31)8-6-15)29-22(28-20)25-11-2-10-23(32,36)37(33,34)35/h1,3-8,13-14,31-32H,2,9-12,36H2,(H2,33,34,35)(H2,25,27,28,29). The van der Waals surface area contributed by atoms with Gasteiger partial charge in [-0.1, -0.05) is 39.0 Å². The quantitative estimate of drug-likeness (QED) is 0.115. The van der Waals surface area contributed by atoms with Crippen LogP contribution < -0.4 is 10.6 Å². The first-order chi connectivity index (χ1) is 17.5. The number of anilines is 3. The van der Waals surface area contributed by atoms with Crippen molar-refractivity contribution >= 4 is 57.1 Å². The maximum Gasteiger partial charge on any atom is 0.360 e. The van der Waals surface area contributed by atoms with Gasteiger partial charge in [-0.15, -0.1) is 0 Å². The highest BCUT2D eigenvalue weighted by Gasteiger charge is 2.39. The number of benzene rings is 2. The molecule has 2 heterocycles. The Morgan fingerprint density at radius 3 is 2.59 bits per heavy atom. The number of aromatic hydroxyl groups is 1. The number of halogens is 1. The van der Waals surface area contributed by atoms with Crippen LogP contribution in [-0.2, 0) is 17.5 Å². The Hall–Kier alpha value is -2.78. The summed E-state index contributed by atoms with van der Waals surface area (Å²) in [5, 5.41) is 24.2. The SMILES string of the molecule is O=P(O)(O)C(O)(P)CCCNc1nc(Nc2cccc(Cl)c2)c2ncn(CCc3ccc(O)cc3)c2n1. The molecule has 0 fully saturated rings. The first-order valence-corrected chi connectivity index (χ1v) is 13.9. The first-order valence-electron chi connectivity index (χ1n) is 11.4. The normalized spacial score (nSPS) is 13.4. The number of rotatable bonds is 11. The number of aryl methyl sites for hydroxylation is 2. The maximum absolute atomic E-state index is 11.4. The molecule has 0 aliphatic heterocycles. The Bertz CT molecular complexity index is 1430. The van der Waals surface area contributed by atoms with Crippen LogP contribution in [0.5, 0.6) is 5.75 Å². The van der Waals surface area contributed by atoms with Gasteiger partial charge in [0.05, 0.1) is 6.33 Å². The molecule has 6 N–H and O–H groups in total. The van der Waals surface area contributed by atoms with Crippen molar-refractivity contribution in [2.24, 2.45) is 0 Å². The second-order valence-electron chi connectivity index (χ2n) is 8.51. The van der Waals surface area contributed by atoms with Gasteiger partial charge in [-0.3, -0.25) is 4.57 Å². The molecule has 0 radical (unpaired) electrons. The zero-order valence-corrected chi connectivity index (χ0v) is 22.4. The van der Waals surface area contributed by atoms with E-state index in [4.69, 9.17) is 11.6 Å². The van der Waals surface area contributed by atoms with Crippen LogP contribution in [0.1, 0.15) is 18.4 Å². The van der Waals surface area contributed by atoms with E-state index in [1.165, 1.54) is 0 Å². The van der Waals surface area contributed by atoms with Crippen LogP contribution in [0, 0.1) is 0 Å². The zero-order chi connectivity index (χ0) is 26.6. The van der Waals surface area contributed by atoms with Gasteiger partial charge in [-0.05, 0) is 55.2 Å². The predicted molar refractivity (Wildman–Crippen MR) is 146 cm³/mol. The van der Waals surface area contributed by atoms with Crippen molar-refractivity contribution in [2.45, 2.75) is 30.9 Å². The Labute approximate surface area is 220 Å². The molecule has 2 aromatic carbocycles. The predicted octanol–water partition coefficient (Wildman–Crippen LogP) is 4.06. The van der Waals surface area contributed by atoms with Gasteiger partial charge < -0.3 is 35.2 Å². The van der Waals surface area contributed by atoms with Gasteiger partial charge in [0.15, 0.2) is 22.1 Å². The summed E-state index contributed by atoms with van der Waals surface area (Å²) >= 11 is 6.13. The summed E-state index contributed by atoms with van der Waals surface area (Å²) in [6.45, 7) is 0.844. The summed E-state index contributed by atoms with van der Waals surface area (Å²) in [5.74, 6) is 0.945. The van der Waals surface area contributed by atoms with Crippen molar-refractivity contribution in [1.82, 2.24) is 19.5 Å². The minimum Gasteiger partial charge on any atom is -0.508 e. The molecular weight excluding hydrogens is 538 g/mol.